The molecule has 4 heterocycles. The highest BCUT2D eigenvalue weighted by atomic mass is 32.1. The van der Waals surface area contributed by atoms with Crippen molar-refractivity contribution in [2.24, 2.45) is 0 Å². The van der Waals surface area contributed by atoms with E-state index in [-0.39, 0.29) is 0 Å². The molecular formula is C58H37N3OS. The lowest BCUT2D eigenvalue weighted by Gasteiger charge is -2.19. The molecule has 0 saturated carbocycles. The third-order valence-electron chi connectivity index (χ3n) is 12.7. The number of aromatic nitrogens is 3. The van der Waals surface area contributed by atoms with Gasteiger partial charge in [0.1, 0.15) is 11.2 Å². The molecule has 0 unspecified atom stereocenters. The highest BCUT2D eigenvalue weighted by Gasteiger charge is 2.26. The number of nitrogens with zero attached hydrogens (tertiary/aromatic N) is 3. The Kier molecular flexibility index (Phi) is 8.18. The predicted molar refractivity (Wildman–Crippen MR) is 265 cm³/mol. The highest BCUT2D eigenvalue weighted by molar-refractivity contribution is 7.25. The molecule has 0 aliphatic heterocycles. The number of hydrogen-bond donors (Lipinski definition) is 0. The molecule has 0 spiro atoms. The average molecular weight is 824 g/mol. The van der Waals surface area contributed by atoms with Gasteiger partial charge in [0, 0.05) is 70.2 Å². The zero-order valence-corrected chi connectivity index (χ0v) is 34.9. The second-order valence-electron chi connectivity index (χ2n) is 16.4. The minimum absolute atomic E-state index is 0.761. The number of allylic oxidation sites excluding steroid dienone is 4. The molecule has 1 aliphatic rings. The van der Waals surface area contributed by atoms with Crippen LogP contribution in [-0.2, 0) is 0 Å². The van der Waals surface area contributed by atoms with E-state index in [2.05, 4.69) is 205 Å². The van der Waals surface area contributed by atoms with Crippen LogP contribution >= 0.6 is 11.3 Å². The monoisotopic (exact) mass is 823 g/mol. The Bertz CT molecular complexity index is 3780. The first kappa shape index (κ1) is 35.9. The van der Waals surface area contributed by atoms with Crippen LogP contribution in [0.4, 0.5) is 0 Å². The number of rotatable bonds is 6. The third-order valence-corrected chi connectivity index (χ3v) is 13.8. The first-order chi connectivity index (χ1) is 31.2. The van der Waals surface area contributed by atoms with Crippen LogP contribution in [0.15, 0.2) is 205 Å². The molecule has 4 aromatic heterocycles. The predicted octanol–water partition coefficient (Wildman–Crippen LogP) is 16.2. The summed E-state index contributed by atoms with van der Waals surface area (Å²) in [6.45, 7) is 0. The van der Waals surface area contributed by atoms with Crippen LogP contribution in [0.3, 0.4) is 0 Å². The lowest BCUT2D eigenvalue weighted by Crippen LogP contribution is -2.04. The van der Waals surface area contributed by atoms with E-state index in [9.17, 15) is 0 Å². The second-order valence-corrected chi connectivity index (χ2v) is 17.5. The fourth-order valence-corrected chi connectivity index (χ4v) is 10.9. The zero-order chi connectivity index (χ0) is 41.4. The molecule has 0 saturated heterocycles. The summed E-state index contributed by atoms with van der Waals surface area (Å²) < 4.78 is 12.1. The van der Waals surface area contributed by atoms with Gasteiger partial charge < -0.3 is 8.98 Å². The number of furan rings is 1. The summed E-state index contributed by atoms with van der Waals surface area (Å²) in [6, 6.07) is 65.2. The maximum Gasteiger partial charge on any atom is 0.156 e. The second kappa shape index (κ2) is 14.4. The Morgan fingerprint density at radius 3 is 1.90 bits per heavy atom. The minimum Gasteiger partial charge on any atom is -0.456 e. The van der Waals surface area contributed by atoms with Crippen molar-refractivity contribution in [1.29, 1.82) is 0 Å². The standard InChI is InChI=1S/C58H37N3OS/c1-5-17-36(18-6-1)40-31-47(55-56(37-19-7-2-8-20-37)59-58(39-23-11-4-12-24-39)60-57(55)38-21-9-3-10-22-38)54-44-30-29-41(33-50(44)62-51(54)32-40)61-48-27-15-13-25-42(48)45-34-46-43-26-14-16-28-52(43)63-53(46)35-49(45)61/h1-11,13-23,25-35H,12,24H2. The average Bonchev–Trinajstić information content (AvgIpc) is 4.02. The van der Waals surface area contributed by atoms with Gasteiger partial charge in [-0.2, -0.15) is 0 Å². The maximum absolute atomic E-state index is 7.09. The number of benzene rings is 8. The van der Waals surface area contributed by atoms with E-state index in [0.717, 1.165) is 102 Å². The Hall–Kier alpha value is -7.86. The van der Waals surface area contributed by atoms with Gasteiger partial charge in [-0.3, -0.25) is 0 Å². The van der Waals surface area contributed by atoms with E-state index < -0.39 is 0 Å². The molecule has 13 rings (SSSR count). The van der Waals surface area contributed by atoms with Crippen LogP contribution in [0.2, 0.25) is 0 Å². The first-order valence-electron chi connectivity index (χ1n) is 21.5. The smallest absolute Gasteiger partial charge is 0.156 e. The number of thiophene rings is 1. The van der Waals surface area contributed by atoms with Gasteiger partial charge in [0.2, 0.25) is 0 Å². The Morgan fingerprint density at radius 1 is 0.492 bits per heavy atom. The van der Waals surface area contributed by atoms with E-state index >= 15 is 0 Å². The maximum atomic E-state index is 7.09. The van der Waals surface area contributed by atoms with E-state index in [1.807, 2.05) is 11.3 Å². The van der Waals surface area contributed by atoms with Crippen LogP contribution in [0.25, 0.3) is 120 Å². The molecule has 63 heavy (non-hydrogen) atoms. The molecule has 0 amide bonds. The van der Waals surface area contributed by atoms with Crippen LogP contribution in [0.1, 0.15) is 18.7 Å². The Morgan fingerprint density at radius 2 is 1.17 bits per heavy atom. The lowest BCUT2D eigenvalue weighted by molar-refractivity contribution is 0.669. The third kappa shape index (κ3) is 5.81. The van der Waals surface area contributed by atoms with E-state index in [1.54, 1.807) is 0 Å². The minimum atomic E-state index is 0.761. The van der Waals surface area contributed by atoms with Crippen molar-refractivity contribution in [3.63, 3.8) is 0 Å². The SMILES string of the molecule is C1=CCCC(c2nc(-c3ccccc3)c(-c3cc(-c4ccccc4)cc4oc5cc(-n6c7ccccc7c7cc8c(cc76)sc6ccccc68)ccc5c34)c(-c3ccccc3)n2)=C1. The van der Waals surface area contributed by atoms with Gasteiger partial charge in [0.15, 0.2) is 5.82 Å². The summed E-state index contributed by atoms with van der Waals surface area (Å²) >= 11 is 1.85. The van der Waals surface area contributed by atoms with Gasteiger partial charge in [0.05, 0.1) is 22.4 Å². The quantitative estimate of drug-likeness (QED) is 0.168. The van der Waals surface area contributed by atoms with Crippen molar-refractivity contribution in [2.45, 2.75) is 12.8 Å². The van der Waals surface area contributed by atoms with Crippen molar-refractivity contribution in [3.8, 4) is 50.5 Å². The number of hydrogen-bond acceptors (Lipinski definition) is 4. The van der Waals surface area contributed by atoms with Gasteiger partial charge >= 0.3 is 0 Å². The summed E-state index contributed by atoms with van der Waals surface area (Å²) in [7, 11) is 0. The van der Waals surface area contributed by atoms with Gasteiger partial charge in [-0.15, -0.1) is 11.3 Å². The van der Waals surface area contributed by atoms with Crippen molar-refractivity contribution in [1.82, 2.24) is 14.5 Å². The highest BCUT2D eigenvalue weighted by Crippen LogP contribution is 2.48. The molecule has 0 bridgehead atoms. The van der Waals surface area contributed by atoms with Crippen molar-refractivity contribution < 1.29 is 4.42 Å². The number of fused-ring (bicyclic) bond motifs is 9. The summed E-state index contributed by atoms with van der Waals surface area (Å²) in [6.07, 6.45) is 8.36. The van der Waals surface area contributed by atoms with Gasteiger partial charge in [0.25, 0.3) is 0 Å². The van der Waals surface area contributed by atoms with Crippen LogP contribution in [0, 0.1) is 0 Å². The summed E-state index contributed by atoms with van der Waals surface area (Å²) in [5.41, 5.74) is 14.2. The zero-order valence-electron chi connectivity index (χ0n) is 34.1. The molecule has 0 atom stereocenters. The number of para-hydroxylation sites is 1. The summed E-state index contributed by atoms with van der Waals surface area (Å²) in [4.78, 5) is 11.0. The van der Waals surface area contributed by atoms with E-state index in [1.165, 1.54) is 36.5 Å². The molecule has 8 aromatic carbocycles. The molecule has 1 aliphatic carbocycles. The molecular weight excluding hydrogens is 787 g/mol. The Balaban J connectivity index is 1.11. The van der Waals surface area contributed by atoms with Gasteiger partial charge in [-0.05, 0) is 83.6 Å². The van der Waals surface area contributed by atoms with E-state index in [4.69, 9.17) is 14.4 Å². The van der Waals surface area contributed by atoms with Crippen LogP contribution in [-0.4, -0.2) is 14.5 Å². The lowest BCUT2D eigenvalue weighted by atomic mass is 9.89. The largest absolute Gasteiger partial charge is 0.456 e. The topological polar surface area (TPSA) is 43.9 Å². The van der Waals surface area contributed by atoms with Gasteiger partial charge in [-0.25, -0.2) is 9.97 Å². The molecule has 4 nitrogen and oxygen atoms in total. The molecule has 0 radical (unpaired) electrons. The summed E-state index contributed by atoms with van der Waals surface area (Å²) in [5, 5.41) is 7.16. The molecule has 5 heteroatoms. The normalized spacial score (nSPS) is 13.0. The van der Waals surface area contributed by atoms with Crippen molar-refractivity contribution in [2.75, 3.05) is 0 Å². The molecule has 0 N–H and O–H groups in total. The molecule has 12 aromatic rings. The van der Waals surface area contributed by atoms with Gasteiger partial charge in [-0.1, -0.05) is 146 Å². The summed E-state index contributed by atoms with van der Waals surface area (Å²) in [5.74, 6) is 0.761. The van der Waals surface area contributed by atoms with Crippen LogP contribution < -0.4 is 0 Å². The van der Waals surface area contributed by atoms with Crippen molar-refractivity contribution in [3.05, 3.63) is 206 Å². The van der Waals surface area contributed by atoms with Crippen LogP contribution in [0.5, 0.6) is 0 Å². The van der Waals surface area contributed by atoms with E-state index in [0.29, 0.717) is 0 Å². The molecule has 0 fully saturated rings. The molecule has 296 valence electrons. The van der Waals surface area contributed by atoms with Crippen molar-refractivity contribution >= 4 is 80.8 Å². The fraction of sp³-hybridized carbons (Fsp3) is 0.0345. The first-order valence-corrected chi connectivity index (χ1v) is 22.3. The fourth-order valence-electron chi connectivity index (χ4n) is 9.75. The Labute approximate surface area is 367 Å².